The topological polar surface area (TPSA) is 105 Å². The molecule has 1 aromatic rings. The van der Waals surface area contributed by atoms with Crippen LogP contribution in [0.25, 0.3) is 0 Å². The number of fused-ring (bicyclic) bond motifs is 1. The molecular weight excluding hydrogens is 423 g/mol. The number of aliphatic carboxylic acids is 1. The van der Waals surface area contributed by atoms with Crippen molar-refractivity contribution in [3.05, 3.63) is 17.5 Å². The number of rotatable bonds is 7. The minimum Gasteiger partial charge on any atom is -0.475 e. The van der Waals surface area contributed by atoms with Crippen molar-refractivity contribution in [3.63, 3.8) is 0 Å². The van der Waals surface area contributed by atoms with Crippen LogP contribution in [0, 0.1) is 18.8 Å². The predicted molar refractivity (Wildman–Crippen MR) is 101 cm³/mol. The van der Waals surface area contributed by atoms with Crippen molar-refractivity contribution in [1.29, 1.82) is 0 Å². The van der Waals surface area contributed by atoms with Gasteiger partial charge in [-0.15, -0.1) is 0 Å². The molecule has 0 aliphatic carbocycles. The summed E-state index contributed by atoms with van der Waals surface area (Å²) in [6.07, 6.45) is -3.83. The van der Waals surface area contributed by atoms with Crippen molar-refractivity contribution in [2.45, 2.75) is 32.2 Å². The summed E-state index contributed by atoms with van der Waals surface area (Å²) >= 11 is 0. The number of ether oxygens (including phenoxy) is 2. The third-order valence-corrected chi connectivity index (χ3v) is 5.18. The Morgan fingerprint density at radius 3 is 2.58 bits per heavy atom. The first-order chi connectivity index (χ1) is 14.5. The quantitative estimate of drug-likeness (QED) is 0.623. The van der Waals surface area contributed by atoms with Gasteiger partial charge in [-0.25, -0.2) is 4.79 Å². The average molecular weight is 451 g/mol. The van der Waals surface area contributed by atoms with Gasteiger partial charge in [-0.3, -0.25) is 9.69 Å². The van der Waals surface area contributed by atoms with E-state index in [0.29, 0.717) is 24.5 Å². The molecule has 0 radical (unpaired) electrons. The molecule has 2 aliphatic heterocycles. The fraction of sp³-hybridized carbons (Fsp3) is 0.737. The Hall–Kier alpha value is -2.18. The second-order valence-electron chi connectivity index (χ2n) is 7.85. The van der Waals surface area contributed by atoms with Crippen LogP contribution in [0.5, 0.6) is 0 Å². The first-order valence-corrected chi connectivity index (χ1v) is 9.81. The normalized spacial score (nSPS) is 23.2. The van der Waals surface area contributed by atoms with Crippen LogP contribution in [0.3, 0.4) is 0 Å². The average Bonchev–Trinajstić information content (AvgIpc) is 3.35. The van der Waals surface area contributed by atoms with Gasteiger partial charge in [-0.1, -0.05) is 5.16 Å². The first kappa shape index (κ1) is 25.1. The van der Waals surface area contributed by atoms with Gasteiger partial charge in [0.05, 0.1) is 18.4 Å². The highest BCUT2D eigenvalue weighted by atomic mass is 19.4. The molecule has 9 nitrogen and oxygen atoms in total. The number of nitrogens with zero attached hydrogens (tertiary/aromatic N) is 3. The van der Waals surface area contributed by atoms with Crippen LogP contribution < -0.4 is 0 Å². The van der Waals surface area contributed by atoms with E-state index in [1.165, 1.54) is 0 Å². The Morgan fingerprint density at radius 1 is 1.35 bits per heavy atom. The lowest BCUT2D eigenvalue weighted by Crippen LogP contribution is -2.27. The summed E-state index contributed by atoms with van der Waals surface area (Å²) in [6, 6.07) is 1.99. The third-order valence-electron chi connectivity index (χ3n) is 5.18. The van der Waals surface area contributed by atoms with Crippen LogP contribution in [0.2, 0.25) is 0 Å². The lowest BCUT2D eigenvalue weighted by molar-refractivity contribution is -0.192. The number of alkyl halides is 3. The highest BCUT2D eigenvalue weighted by molar-refractivity contribution is 5.76. The summed E-state index contributed by atoms with van der Waals surface area (Å²) in [4.78, 5) is 24.3. The lowest BCUT2D eigenvalue weighted by Gasteiger charge is -2.19. The van der Waals surface area contributed by atoms with Crippen LogP contribution in [-0.2, 0) is 25.6 Å². The number of aryl methyl sites for hydroxylation is 1. The molecule has 1 N–H and O–H groups in total. The highest BCUT2D eigenvalue weighted by Gasteiger charge is 2.43. The Kier molecular flexibility index (Phi) is 8.83. The molecule has 12 heteroatoms. The molecule has 2 fully saturated rings. The molecule has 0 unspecified atom stereocenters. The van der Waals surface area contributed by atoms with Crippen molar-refractivity contribution in [1.82, 2.24) is 15.0 Å². The van der Waals surface area contributed by atoms with Gasteiger partial charge < -0.3 is 24.0 Å². The third kappa shape index (κ3) is 7.78. The largest absolute Gasteiger partial charge is 0.490 e. The molecule has 0 bridgehead atoms. The van der Waals surface area contributed by atoms with Crippen LogP contribution in [0.15, 0.2) is 10.6 Å². The summed E-state index contributed by atoms with van der Waals surface area (Å²) in [5, 5.41) is 11.2. The number of likely N-dealkylation sites (tertiary alicyclic amines) is 1. The van der Waals surface area contributed by atoms with Gasteiger partial charge in [0.25, 0.3) is 0 Å². The maximum atomic E-state index is 11.5. The Balaban J connectivity index is 0.000000423. The molecule has 31 heavy (non-hydrogen) atoms. The molecule has 3 heterocycles. The molecule has 3 atom stereocenters. The Morgan fingerprint density at radius 2 is 2.03 bits per heavy atom. The predicted octanol–water partition coefficient (Wildman–Crippen LogP) is 1.56. The van der Waals surface area contributed by atoms with E-state index in [1.54, 1.807) is 19.0 Å². The summed E-state index contributed by atoms with van der Waals surface area (Å²) in [5.41, 5.74) is 0.981. The molecular formula is C19H28F3N3O6. The number of carbonyl (C=O) groups excluding carboxylic acids is 1. The summed E-state index contributed by atoms with van der Waals surface area (Å²) < 4.78 is 48.3. The van der Waals surface area contributed by atoms with Crippen molar-refractivity contribution < 1.29 is 41.9 Å². The van der Waals surface area contributed by atoms with Crippen molar-refractivity contribution in [2.24, 2.45) is 11.8 Å². The zero-order valence-corrected chi connectivity index (χ0v) is 17.7. The van der Waals surface area contributed by atoms with Gasteiger partial charge in [0, 0.05) is 52.3 Å². The van der Waals surface area contributed by atoms with E-state index in [9.17, 15) is 18.0 Å². The molecule has 1 aromatic heterocycles. The highest BCUT2D eigenvalue weighted by Crippen LogP contribution is 2.36. The fourth-order valence-electron chi connectivity index (χ4n) is 3.55. The summed E-state index contributed by atoms with van der Waals surface area (Å²) in [7, 11) is 3.48. The number of halogens is 3. The second-order valence-corrected chi connectivity index (χ2v) is 7.85. The maximum Gasteiger partial charge on any atom is 0.490 e. The van der Waals surface area contributed by atoms with E-state index < -0.39 is 12.1 Å². The van der Waals surface area contributed by atoms with Gasteiger partial charge in [-0.05, 0) is 19.3 Å². The number of hydrogen-bond acceptors (Lipinski definition) is 7. The fourth-order valence-corrected chi connectivity index (χ4v) is 3.55. The molecule has 0 saturated carbocycles. The number of aromatic nitrogens is 1. The van der Waals surface area contributed by atoms with E-state index in [1.807, 2.05) is 13.0 Å². The van der Waals surface area contributed by atoms with Crippen LogP contribution >= 0.6 is 0 Å². The van der Waals surface area contributed by atoms with Gasteiger partial charge >= 0.3 is 12.1 Å². The zero-order chi connectivity index (χ0) is 23.2. The SMILES string of the molecule is Cc1cc(CN2C[C@H]3[C@@H](CCOCC(=O)N(C)C)CO[C@H]3C2)no1.O=C(O)C(F)(F)F. The number of likely N-dealkylation sites (N-methyl/N-ethyl adjacent to an activating group) is 1. The minimum atomic E-state index is -5.08. The molecule has 176 valence electrons. The number of carboxylic acids is 1. The lowest BCUT2D eigenvalue weighted by atomic mass is 9.91. The number of carbonyl (C=O) groups is 2. The summed E-state index contributed by atoms with van der Waals surface area (Å²) in [5.74, 6) is -0.847. The van der Waals surface area contributed by atoms with Gasteiger partial charge in [-0.2, -0.15) is 13.2 Å². The van der Waals surface area contributed by atoms with E-state index in [0.717, 1.165) is 44.1 Å². The number of amides is 1. The van der Waals surface area contributed by atoms with Crippen molar-refractivity contribution in [2.75, 3.05) is 47.0 Å². The first-order valence-electron chi connectivity index (χ1n) is 9.81. The molecule has 2 saturated heterocycles. The number of carboxylic acid groups (broad SMARTS) is 1. The molecule has 3 rings (SSSR count). The standard InChI is InChI=1S/C17H27N3O4.C2HF3O2/c1-12-6-14(18-24-12)7-20-8-15-13(10-23-16(15)9-20)4-5-22-11-17(21)19(2)3;3-2(4,5)1(6)7/h6,13,15-16H,4-5,7-11H2,1-3H3;(H,6,7)/t13-,15-,16-;/m0./s1. The number of hydrogen-bond donors (Lipinski definition) is 1. The maximum absolute atomic E-state index is 11.5. The van der Waals surface area contributed by atoms with Crippen LogP contribution in [0.1, 0.15) is 17.9 Å². The second kappa shape index (κ2) is 10.9. The summed E-state index contributed by atoms with van der Waals surface area (Å²) in [6.45, 7) is 6.28. The monoisotopic (exact) mass is 451 g/mol. The molecule has 0 spiro atoms. The van der Waals surface area contributed by atoms with E-state index in [4.69, 9.17) is 23.9 Å². The van der Waals surface area contributed by atoms with E-state index >= 15 is 0 Å². The van der Waals surface area contributed by atoms with E-state index in [2.05, 4.69) is 10.1 Å². The van der Waals surface area contributed by atoms with Crippen LogP contribution in [0.4, 0.5) is 13.2 Å². The van der Waals surface area contributed by atoms with Gasteiger partial charge in [0.2, 0.25) is 5.91 Å². The van der Waals surface area contributed by atoms with Gasteiger partial charge in [0.15, 0.2) is 0 Å². The molecule has 2 aliphatic rings. The van der Waals surface area contributed by atoms with Crippen molar-refractivity contribution in [3.8, 4) is 0 Å². The molecule has 0 aromatic carbocycles. The Labute approximate surface area is 178 Å². The van der Waals surface area contributed by atoms with E-state index in [-0.39, 0.29) is 12.5 Å². The Bertz CT molecular complexity index is 740. The van der Waals surface area contributed by atoms with Gasteiger partial charge in [0.1, 0.15) is 12.4 Å². The minimum absolute atomic E-state index is 0.00509. The smallest absolute Gasteiger partial charge is 0.475 e. The van der Waals surface area contributed by atoms with Crippen LogP contribution in [-0.4, -0.2) is 91.2 Å². The molecule has 1 amide bonds. The zero-order valence-electron chi connectivity index (χ0n) is 17.7. The van der Waals surface area contributed by atoms with Crippen molar-refractivity contribution >= 4 is 11.9 Å².